The fraction of sp³-hybridized carbons (Fsp3) is 0.857. The van der Waals surface area contributed by atoms with Gasteiger partial charge < -0.3 is 10.2 Å². The second-order valence-corrected chi connectivity index (χ2v) is 6.66. The van der Waals surface area contributed by atoms with Gasteiger partial charge in [-0.2, -0.15) is 0 Å². The molecule has 108 valence electrons. The molecule has 2 fully saturated rings. The Labute approximate surface area is 115 Å². The second-order valence-electron chi connectivity index (χ2n) is 6.66. The van der Waals surface area contributed by atoms with Gasteiger partial charge in [-0.25, -0.2) is 0 Å². The van der Waals surface area contributed by atoms with Crippen molar-refractivity contribution in [3.05, 3.63) is 0 Å². The van der Waals surface area contributed by atoms with E-state index in [0.717, 1.165) is 39.0 Å². The van der Waals surface area contributed by atoms with Gasteiger partial charge in [0.25, 0.3) is 0 Å². The quantitative estimate of drug-likeness (QED) is 0.808. The van der Waals surface area contributed by atoms with E-state index in [1.165, 1.54) is 0 Å². The Hall–Kier alpha value is -1.10. The Balaban J connectivity index is 1.72. The third kappa shape index (κ3) is 4.20. The van der Waals surface area contributed by atoms with E-state index >= 15 is 0 Å². The molecular formula is C14H25N3O2. The fourth-order valence-electron chi connectivity index (χ4n) is 2.29. The number of nitrogens with zero attached hydrogens (tertiary/aromatic N) is 2. The summed E-state index contributed by atoms with van der Waals surface area (Å²) in [4.78, 5) is 27.9. The lowest BCUT2D eigenvalue weighted by Gasteiger charge is -2.37. The van der Waals surface area contributed by atoms with E-state index in [1.54, 1.807) is 0 Å². The number of amides is 2. The molecule has 5 nitrogen and oxygen atoms in total. The molecule has 0 spiro atoms. The van der Waals surface area contributed by atoms with Crippen LogP contribution in [0.2, 0.25) is 0 Å². The zero-order valence-electron chi connectivity index (χ0n) is 12.2. The van der Waals surface area contributed by atoms with Crippen molar-refractivity contribution in [2.75, 3.05) is 32.7 Å². The Morgan fingerprint density at radius 1 is 1.11 bits per heavy atom. The molecule has 1 saturated carbocycles. The van der Waals surface area contributed by atoms with Crippen molar-refractivity contribution in [1.29, 1.82) is 0 Å². The number of piperazine rings is 1. The lowest BCUT2D eigenvalue weighted by atomic mass is 9.94. The van der Waals surface area contributed by atoms with Crippen LogP contribution in [0.25, 0.3) is 0 Å². The number of hydrogen-bond acceptors (Lipinski definition) is 3. The van der Waals surface area contributed by atoms with E-state index in [0.29, 0.717) is 12.6 Å². The monoisotopic (exact) mass is 267 g/mol. The highest BCUT2D eigenvalue weighted by atomic mass is 16.2. The summed E-state index contributed by atoms with van der Waals surface area (Å²) in [5.74, 6) is 0.327. The molecule has 0 unspecified atom stereocenters. The minimum absolute atomic E-state index is 0.123. The Kier molecular flexibility index (Phi) is 4.13. The summed E-state index contributed by atoms with van der Waals surface area (Å²) in [6.45, 7) is 9.36. The topological polar surface area (TPSA) is 52.7 Å². The summed E-state index contributed by atoms with van der Waals surface area (Å²) in [7, 11) is 0. The highest BCUT2D eigenvalue weighted by Gasteiger charge is 2.30. The van der Waals surface area contributed by atoms with E-state index in [2.05, 4.69) is 10.2 Å². The molecule has 0 aromatic carbocycles. The van der Waals surface area contributed by atoms with Gasteiger partial charge in [0.2, 0.25) is 11.8 Å². The Morgan fingerprint density at radius 2 is 1.68 bits per heavy atom. The van der Waals surface area contributed by atoms with Crippen molar-refractivity contribution in [2.24, 2.45) is 5.41 Å². The SMILES string of the molecule is CC(C)(C)C(=O)N1CCN(CC(=O)NC2CC2)CC1. The third-order valence-electron chi connectivity index (χ3n) is 3.61. The first-order chi connectivity index (χ1) is 8.86. The maximum Gasteiger partial charge on any atom is 0.234 e. The Morgan fingerprint density at radius 3 is 2.16 bits per heavy atom. The van der Waals surface area contributed by atoms with Crippen LogP contribution in [0.1, 0.15) is 33.6 Å². The minimum Gasteiger partial charge on any atom is -0.352 e. The lowest BCUT2D eigenvalue weighted by molar-refractivity contribution is -0.141. The van der Waals surface area contributed by atoms with Crippen LogP contribution in [-0.2, 0) is 9.59 Å². The highest BCUT2D eigenvalue weighted by Crippen LogP contribution is 2.19. The molecule has 0 bridgehead atoms. The third-order valence-corrected chi connectivity index (χ3v) is 3.61. The van der Waals surface area contributed by atoms with Crippen molar-refractivity contribution in [2.45, 2.75) is 39.7 Å². The number of nitrogens with one attached hydrogen (secondary N) is 1. The fourth-order valence-corrected chi connectivity index (χ4v) is 2.29. The average Bonchev–Trinajstić information content (AvgIpc) is 3.11. The number of carbonyl (C=O) groups excluding carboxylic acids is 2. The van der Waals surface area contributed by atoms with Gasteiger partial charge in [-0.15, -0.1) is 0 Å². The molecule has 1 heterocycles. The van der Waals surface area contributed by atoms with Crippen LogP contribution >= 0.6 is 0 Å². The summed E-state index contributed by atoms with van der Waals surface area (Å²) >= 11 is 0. The summed E-state index contributed by atoms with van der Waals surface area (Å²) in [5, 5.41) is 3.00. The first-order valence-corrected chi connectivity index (χ1v) is 7.17. The molecule has 2 rings (SSSR count). The largest absolute Gasteiger partial charge is 0.352 e. The van der Waals surface area contributed by atoms with Crippen LogP contribution in [0.4, 0.5) is 0 Å². The van der Waals surface area contributed by atoms with E-state index in [4.69, 9.17) is 0 Å². The zero-order chi connectivity index (χ0) is 14.0. The molecule has 0 aromatic heterocycles. The first-order valence-electron chi connectivity index (χ1n) is 7.17. The standard InChI is InChI=1S/C14H25N3O2/c1-14(2,3)13(19)17-8-6-16(7-9-17)10-12(18)15-11-4-5-11/h11H,4-10H2,1-3H3,(H,15,18). The molecule has 2 aliphatic rings. The molecule has 5 heteroatoms. The summed E-state index contributed by atoms with van der Waals surface area (Å²) < 4.78 is 0. The zero-order valence-corrected chi connectivity index (χ0v) is 12.2. The van der Waals surface area contributed by atoms with E-state index in [1.807, 2.05) is 25.7 Å². The molecule has 1 aliphatic heterocycles. The molecular weight excluding hydrogens is 242 g/mol. The molecule has 0 radical (unpaired) electrons. The molecule has 1 aliphatic carbocycles. The summed E-state index contributed by atoms with van der Waals surface area (Å²) in [6.07, 6.45) is 2.25. The molecule has 2 amide bonds. The molecule has 0 aromatic rings. The normalized spacial score (nSPS) is 21.3. The second kappa shape index (κ2) is 5.49. The molecule has 19 heavy (non-hydrogen) atoms. The molecule has 0 atom stereocenters. The smallest absolute Gasteiger partial charge is 0.234 e. The van der Waals surface area contributed by atoms with Crippen molar-refractivity contribution >= 4 is 11.8 Å². The predicted molar refractivity (Wildman–Crippen MR) is 73.6 cm³/mol. The van der Waals surface area contributed by atoms with Gasteiger partial charge in [-0.1, -0.05) is 20.8 Å². The highest BCUT2D eigenvalue weighted by molar-refractivity contribution is 5.81. The number of hydrogen-bond donors (Lipinski definition) is 1. The van der Waals surface area contributed by atoms with Gasteiger partial charge >= 0.3 is 0 Å². The number of rotatable bonds is 3. The first kappa shape index (κ1) is 14.3. The Bertz CT molecular complexity index is 350. The average molecular weight is 267 g/mol. The number of carbonyl (C=O) groups is 2. The van der Waals surface area contributed by atoms with Gasteiger partial charge in [0, 0.05) is 37.6 Å². The van der Waals surface area contributed by atoms with Crippen LogP contribution in [0.3, 0.4) is 0 Å². The summed E-state index contributed by atoms with van der Waals surface area (Å²) in [6, 6.07) is 0.427. The van der Waals surface area contributed by atoms with Crippen LogP contribution < -0.4 is 5.32 Å². The van der Waals surface area contributed by atoms with Crippen molar-refractivity contribution < 1.29 is 9.59 Å². The van der Waals surface area contributed by atoms with Crippen molar-refractivity contribution in [3.63, 3.8) is 0 Å². The van der Waals surface area contributed by atoms with E-state index in [-0.39, 0.29) is 17.2 Å². The predicted octanol–water partition coefficient (Wildman–Crippen LogP) is 0.455. The van der Waals surface area contributed by atoms with Gasteiger partial charge in [-0.3, -0.25) is 14.5 Å². The maximum atomic E-state index is 12.1. The van der Waals surface area contributed by atoms with Gasteiger partial charge in [0.15, 0.2) is 0 Å². The van der Waals surface area contributed by atoms with Gasteiger partial charge in [0.05, 0.1) is 6.54 Å². The lowest BCUT2D eigenvalue weighted by Crippen LogP contribution is -2.53. The van der Waals surface area contributed by atoms with Crippen LogP contribution in [0, 0.1) is 5.41 Å². The van der Waals surface area contributed by atoms with Crippen molar-refractivity contribution in [1.82, 2.24) is 15.1 Å². The van der Waals surface area contributed by atoms with Crippen LogP contribution in [-0.4, -0.2) is 60.4 Å². The van der Waals surface area contributed by atoms with E-state index < -0.39 is 0 Å². The maximum absolute atomic E-state index is 12.1. The minimum atomic E-state index is -0.314. The van der Waals surface area contributed by atoms with Crippen LogP contribution in [0.5, 0.6) is 0 Å². The van der Waals surface area contributed by atoms with Crippen LogP contribution in [0.15, 0.2) is 0 Å². The van der Waals surface area contributed by atoms with Crippen molar-refractivity contribution in [3.8, 4) is 0 Å². The molecule has 1 N–H and O–H groups in total. The van der Waals surface area contributed by atoms with E-state index in [9.17, 15) is 9.59 Å². The summed E-state index contributed by atoms with van der Waals surface area (Å²) in [5.41, 5.74) is -0.314. The van der Waals surface area contributed by atoms with Gasteiger partial charge in [0.1, 0.15) is 0 Å². The molecule has 1 saturated heterocycles. The van der Waals surface area contributed by atoms with Gasteiger partial charge in [-0.05, 0) is 12.8 Å².